The molecule has 1 aliphatic carbocycles. The van der Waals surface area contributed by atoms with Gasteiger partial charge >= 0.3 is 0 Å². The van der Waals surface area contributed by atoms with Crippen molar-refractivity contribution in [3.05, 3.63) is 17.6 Å². The molecule has 70 valence electrons. The predicted molar refractivity (Wildman–Crippen MR) is 49.6 cm³/mol. The average Bonchev–Trinajstić information content (AvgIpc) is 1.95. The van der Waals surface area contributed by atoms with Gasteiger partial charge in [-0.05, 0) is 30.4 Å². The Morgan fingerprint density at radius 1 is 1.38 bits per heavy atom. The molecule has 0 aliphatic heterocycles. The number of anilines is 2. The summed E-state index contributed by atoms with van der Waals surface area (Å²) in [6.45, 7) is 0. The van der Waals surface area contributed by atoms with E-state index in [1.54, 1.807) is 0 Å². The fourth-order valence-electron chi connectivity index (χ4n) is 1.62. The van der Waals surface area contributed by atoms with Gasteiger partial charge in [-0.15, -0.1) is 0 Å². The number of pyridine rings is 1. The van der Waals surface area contributed by atoms with Gasteiger partial charge in [0, 0.05) is 0 Å². The van der Waals surface area contributed by atoms with E-state index in [2.05, 4.69) is 4.98 Å². The van der Waals surface area contributed by atoms with Crippen molar-refractivity contribution in [3.8, 4) is 0 Å². The van der Waals surface area contributed by atoms with Gasteiger partial charge in [-0.3, -0.25) is 0 Å². The maximum atomic E-state index is 12.9. The molecule has 1 saturated carbocycles. The van der Waals surface area contributed by atoms with Crippen molar-refractivity contribution < 1.29 is 4.39 Å². The number of nitrogens with zero attached hydrogens (tertiary/aromatic N) is 1. The number of rotatable bonds is 1. The lowest BCUT2D eigenvalue weighted by Crippen LogP contribution is -2.13. The third-order valence-electron chi connectivity index (χ3n) is 2.63. The summed E-state index contributed by atoms with van der Waals surface area (Å²) < 4.78 is 12.9. The molecule has 0 radical (unpaired) electrons. The summed E-state index contributed by atoms with van der Waals surface area (Å²) in [5.41, 5.74) is 12.4. The molecule has 1 aromatic heterocycles. The molecule has 1 heterocycles. The van der Waals surface area contributed by atoms with Crippen molar-refractivity contribution >= 4 is 11.5 Å². The van der Waals surface area contributed by atoms with Gasteiger partial charge in [0.15, 0.2) is 0 Å². The fourth-order valence-corrected chi connectivity index (χ4v) is 1.62. The molecule has 4 N–H and O–H groups in total. The highest BCUT2D eigenvalue weighted by molar-refractivity contribution is 5.64. The van der Waals surface area contributed by atoms with Gasteiger partial charge in [0.25, 0.3) is 0 Å². The molecule has 1 aromatic rings. The number of hydrogen-bond donors (Lipinski definition) is 2. The summed E-state index contributed by atoms with van der Waals surface area (Å²) >= 11 is 0. The quantitative estimate of drug-likeness (QED) is 0.647. The molecular weight excluding hydrogens is 169 g/mol. The van der Waals surface area contributed by atoms with E-state index >= 15 is 0 Å². The molecular formula is C9H12FN3. The van der Waals surface area contributed by atoms with E-state index in [9.17, 15) is 4.39 Å². The number of halogens is 1. The van der Waals surface area contributed by atoms with Gasteiger partial charge in [0.2, 0.25) is 5.95 Å². The molecule has 0 spiro atoms. The first kappa shape index (κ1) is 8.29. The molecule has 0 saturated heterocycles. The van der Waals surface area contributed by atoms with E-state index < -0.39 is 5.95 Å². The van der Waals surface area contributed by atoms with Gasteiger partial charge in [0.1, 0.15) is 5.82 Å². The molecule has 3 nitrogen and oxygen atoms in total. The molecule has 2 rings (SSSR count). The first-order valence-corrected chi connectivity index (χ1v) is 4.40. The third-order valence-corrected chi connectivity index (χ3v) is 2.63. The zero-order valence-corrected chi connectivity index (χ0v) is 7.26. The summed E-state index contributed by atoms with van der Waals surface area (Å²) in [5, 5.41) is 0. The van der Waals surface area contributed by atoms with Crippen LogP contribution in [-0.2, 0) is 0 Å². The first-order valence-electron chi connectivity index (χ1n) is 4.40. The van der Waals surface area contributed by atoms with Crippen LogP contribution in [0.2, 0.25) is 0 Å². The fraction of sp³-hybridized carbons (Fsp3) is 0.444. The van der Waals surface area contributed by atoms with Crippen LogP contribution in [0.4, 0.5) is 15.9 Å². The Balaban J connectivity index is 2.42. The lowest BCUT2D eigenvalue weighted by atomic mass is 9.79. The zero-order valence-electron chi connectivity index (χ0n) is 7.26. The standard InChI is InChI=1S/C9H12FN3/c10-7-4-6(5-2-1-3-5)8(11)9(12)13-7/h4-5H,1-3,11H2,(H2,12,13). The van der Waals surface area contributed by atoms with Crippen LogP contribution in [0.1, 0.15) is 30.7 Å². The van der Waals surface area contributed by atoms with Crippen LogP contribution in [0.15, 0.2) is 6.07 Å². The Kier molecular flexibility index (Phi) is 1.83. The summed E-state index contributed by atoms with van der Waals surface area (Å²) in [5.74, 6) is -0.0321. The molecule has 0 bridgehead atoms. The molecule has 0 aromatic carbocycles. The SMILES string of the molecule is Nc1nc(F)cc(C2CCC2)c1N. The predicted octanol–water partition coefficient (Wildman–Crippen LogP) is 1.65. The number of aromatic nitrogens is 1. The molecule has 0 unspecified atom stereocenters. The highest BCUT2D eigenvalue weighted by Gasteiger charge is 2.23. The summed E-state index contributed by atoms with van der Waals surface area (Å²) in [6, 6.07) is 1.40. The van der Waals surface area contributed by atoms with E-state index in [0.29, 0.717) is 11.6 Å². The zero-order chi connectivity index (χ0) is 9.42. The first-order chi connectivity index (χ1) is 6.18. The number of hydrogen-bond acceptors (Lipinski definition) is 3. The highest BCUT2D eigenvalue weighted by atomic mass is 19.1. The monoisotopic (exact) mass is 181 g/mol. The van der Waals surface area contributed by atoms with Crippen LogP contribution in [0.5, 0.6) is 0 Å². The lowest BCUT2D eigenvalue weighted by Gasteiger charge is -2.27. The van der Waals surface area contributed by atoms with Gasteiger partial charge in [-0.2, -0.15) is 4.39 Å². The Bertz CT molecular complexity index is 334. The number of nitrogen functional groups attached to an aromatic ring is 2. The van der Waals surface area contributed by atoms with Gasteiger partial charge < -0.3 is 11.5 Å². The van der Waals surface area contributed by atoms with Crippen molar-refractivity contribution in [2.24, 2.45) is 0 Å². The third kappa shape index (κ3) is 1.32. The van der Waals surface area contributed by atoms with Crippen LogP contribution >= 0.6 is 0 Å². The minimum Gasteiger partial charge on any atom is -0.396 e. The Morgan fingerprint density at radius 2 is 2.08 bits per heavy atom. The van der Waals surface area contributed by atoms with Crippen molar-refractivity contribution in [2.45, 2.75) is 25.2 Å². The van der Waals surface area contributed by atoms with Crippen LogP contribution in [0.3, 0.4) is 0 Å². The van der Waals surface area contributed by atoms with Crippen LogP contribution in [0, 0.1) is 5.95 Å². The summed E-state index contributed by atoms with van der Waals surface area (Å²) in [4.78, 5) is 3.46. The molecule has 0 amide bonds. The lowest BCUT2D eigenvalue weighted by molar-refractivity contribution is 0.418. The van der Waals surface area contributed by atoms with Crippen LogP contribution in [-0.4, -0.2) is 4.98 Å². The van der Waals surface area contributed by atoms with Gasteiger partial charge in [-0.25, -0.2) is 4.98 Å². The van der Waals surface area contributed by atoms with Crippen molar-refractivity contribution in [2.75, 3.05) is 11.5 Å². The highest BCUT2D eigenvalue weighted by Crippen LogP contribution is 2.40. The van der Waals surface area contributed by atoms with E-state index in [0.717, 1.165) is 18.4 Å². The minimum atomic E-state index is -0.534. The second-order valence-corrected chi connectivity index (χ2v) is 3.46. The Morgan fingerprint density at radius 3 is 2.62 bits per heavy atom. The van der Waals surface area contributed by atoms with Gasteiger partial charge in [0.05, 0.1) is 5.69 Å². The van der Waals surface area contributed by atoms with Crippen molar-refractivity contribution in [1.82, 2.24) is 4.98 Å². The van der Waals surface area contributed by atoms with E-state index in [1.807, 2.05) is 0 Å². The van der Waals surface area contributed by atoms with Crippen LogP contribution in [0.25, 0.3) is 0 Å². The van der Waals surface area contributed by atoms with E-state index in [4.69, 9.17) is 11.5 Å². The molecule has 4 heteroatoms. The van der Waals surface area contributed by atoms with Crippen LogP contribution < -0.4 is 11.5 Å². The Hall–Kier alpha value is -1.32. The molecule has 0 atom stereocenters. The van der Waals surface area contributed by atoms with Crippen molar-refractivity contribution in [3.63, 3.8) is 0 Å². The normalized spacial score (nSPS) is 17.0. The molecule has 13 heavy (non-hydrogen) atoms. The molecule has 1 fully saturated rings. The Labute approximate surface area is 76.0 Å². The van der Waals surface area contributed by atoms with Crippen molar-refractivity contribution in [1.29, 1.82) is 0 Å². The largest absolute Gasteiger partial charge is 0.396 e. The summed E-state index contributed by atoms with van der Waals surface area (Å²) in [7, 11) is 0. The van der Waals surface area contributed by atoms with E-state index in [-0.39, 0.29) is 5.82 Å². The second kappa shape index (κ2) is 2.87. The topological polar surface area (TPSA) is 64.9 Å². The number of nitrogens with two attached hydrogens (primary N) is 2. The van der Waals surface area contributed by atoms with Gasteiger partial charge in [-0.1, -0.05) is 6.42 Å². The molecule has 1 aliphatic rings. The second-order valence-electron chi connectivity index (χ2n) is 3.46. The minimum absolute atomic E-state index is 0.113. The maximum Gasteiger partial charge on any atom is 0.215 e. The van der Waals surface area contributed by atoms with E-state index in [1.165, 1.54) is 12.5 Å². The maximum absolute atomic E-state index is 12.9. The smallest absolute Gasteiger partial charge is 0.215 e. The summed E-state index contributed by atoms with van der Waals surface area (Å²) in [6.07, 6.45) is 3.34. The average molecular weight is 181 g/mol.